The molecule has 2 N–H and O–H groups in total. The minimum absolute atomic E-state index is 0.00691. The lowest BCUT2D eigenvalue weighted by Gasteiger charge is -2.29. The summed E-state index contributed by atoms with van der Waals surface area (Å²) in [5.74, 6) is 0.282. The van der Waals surface area contributed by atoms with Crippen LogP contribution < -0.4 is 15.4 Å². The van der Waals surface area contributed by atoms with E-state index in [0.29, 0.717) is 17.0 Å². The van der Waals surface area contributed by atoms with Crippen molar-refractivity contribution < 1.29 is 14.3 Å². The largest absolute Gasteiger partial charge is 0.482 e. The van der Waals surface area contributed by atoms with Crippen LogP contribution >= 0.6 is 0 Å². The number of ether oxygens (including phenoxy) is 1. The second kappa shape index (κ2) is 5.73. The molecule has 1 fully saturated rings. The zero-order valence-electron chi connectivity index (χ0n) is 12.0. The number of hydrogen-bond donors (Lipinski definition) is 2. The number of carbonyl (C=O) groups excluding carboxylic acids is 2. The van der Waals surface area contributed by atoms with Crippen molar-refractivity contribution in [1.29, 1.82) is 0 Å². The third-order valence-electron chi connectivity index (χ3n) is 3.93. The quantitative estimate of drug-likeness (QED) is 0.846. The third kappa shape index (κ3) is 3.16. The van der Waals surface area contributed by atoms with Gasteiger partial charge in [-0.25, -0.2) is 0 Å². The van der Waals surface area contributed by atoms with Crippen molar-refractivity contribution in [3.63, 3.8) is 0 Å². The Kier molecular flexibility index (Phi) is 3.79. The van der Waals surface area contributed by atoms with Crippen molar-refractivity contribution >= 4 is 17.5 Å². The van der Waals surface area contributed by atoms with Crippen LogP contribution in [0, 0.1) is 0 Å². The van der Waals surface area contributed by atoms with E-state index in [1.54, 1.807) is 18.2 Å². The Labute approximate surface area is 123 Å². The number of likely N-dealkylation sites (tertiary alicyclic amines) is 1. The monoisotopic (exact) mass is 289 g/mol. The van der Waals surface area contributed by atoms with Crippen LogP contribution in [0.1, 0.15) is 23.2 Å². The molecular weight excluding hydrogens is 270 g/mol. The Hall–Kier alpha value is -2.08. The number of nitrogens with one attached hydrogen (secondary N) is 2. The number of piperidine rings is 1. The first kappa shape index (κ1) is 13.9. The summed E-state index contributed by atoms with van der Waals surface area (Å²) in [7, 11) is 2.09. The fourth-order valence-corrected chi connectivity index (χ4v) is 2.64. The lowest BCUT2D eigenvalue weighted by molar-refractivity contribution is -0.118. The van der Waals surface area contributed by atoms with Gasteiger partial charge in [-0.1, -0.05) is 0 Å². The standard InChI is InChI=1S/C15H19N3O3/c1-18-6-4-11(5-7-18)16-15(20)10-2-3-12-13(8-10)21-9-14(19)17-12/h2-3,8,11H,4-7,9H2,1H3,(H,16,20)(H,17,19). The first-order valence-corrected chi connectivity index (χ1v) is 7.18. The first-order valence-electron chi connectivity index (χ1n) is 7.18. The summed E-state index contributed by atoms with van der Waals surface area (Å²) in [6.45, 7) is 2.00. The molecule has 1 saturated heterocycles. The number of carbonyl (C=O) groups is 2. The van der Waals surface area contributed by atoms with Crippen molar-refractivity contribution in [1.82, 2.24) is 10.2 Å². The predicted octanol–water partition coefficient (Wildman–Crippen LogP) is 0.841. The molecule has 112 valence electrons. The molecule has 6 nitrogen and oxygen atoms in total. The molecule has 2 aliphatic rings. The zero-order chi connectivity index (χ0) is 14.8. The number of fused-ring (bicyclic) bond motifs is 1. The summed E-state index contributed by atoms with van der Waals surface area (Å²) in [6, 6.07) is 5.32. The molecule has 0 bridgehead atoms. The summed E-state index contributed by atoms with van der Waals surface area (Å²) in [5.41, 5.74) is 1.17. The van der Waals surface area contributed by atoms with Crippen LogP contribution in [0.2, 0.25) is 0 Å². The van der Waals surface area contributed by atoms with Crippen LogP contribution in [0.4, 0.5) is 5.69 Å². The molecule has 21 heavy (non-hydrogen) atoms. The molecule has 2 heterocycles. The van der Waals surface area contributed by atoms with E-state index >= 15 is 0 Å². The van der Waals surface area contributed by atoms with Crippen LogP contribution in [0.25, 0.3) is 0 Å². The first-order chi connectivity index (χ1) is 10.1. The molecule has 1 aromatic rings. The highest BCUT2D eigenvalue weighted by Gasteiger charge is 2.21. The average Bonchev–Trinajstić information content (AvgIpc) is 2.49. The molecule has 0 spiro atoms. The predicted molar refractivity (Wildman–Crippen MR) is 78.6 cm³/mol. The maximum Gasteiger partial charge on any atom is 0.262 e. The van der Waals surface area contributed by atoms with Crippen molar-refractivity contribution in [2.24, 2.45) is 0 Å². The van der Waals surface area contributed by atoms with Crippen molar-refractivity contribution in [3.05, 3.63) is 23.8 Å². The lowest BCUT2D eigenvalue weighted by atomic mass is 10.0. The summed E-state index contributed by atoms with van der Waals surface area (Å²) in [4.78, 5) is 25.8. The van der Waals surface area contributed by atoms with Gasteiger partial charge in [-0.15, -0.1) is 0 Å². The molecule has 0 atom stereocenters. The number of anilines is 1. The SMILES string of the molecule is CN1CCC(NC(=O)c2ccc3c(c2)OCC(=O)N3)CC1. The second-order valence-electron chi connectivity index (χ2n) is 5.60. The highest BCUT2D eigenvalue weighted by atomic mass is 16.5. The van der Waals surface area contributed by atoms with E-state index in [2.05, 4.69) is 22.6 Å². The van der Waals surface area contributed by atoms with Gasteiger partial charge in [0.25, 0.3) is 11.8 Å². The summed E-state index contributed by atoms with van der Waals surface area (Å²) < 4.78 is 5.33. The normalized spacial score (nSPS) is 19.4. The van der Waals surface area contributed by atoms with Gasteiger partial charge in [0.15, 0.2) is 6.61 Å². The minimum atomic E-state index is -0.175. The topological polar surface area (TPSA) is 70.7 Å². The van der Waals surface area contributed by atoms with E-state index in [1.165, 1.54) is 0 Å². The zero-order valence-corrected chi connectivity index (χ0v) is 12.0. The van der Waals surface area contributed by atoms with Crippen LogP contribution in [0.5, 0.6) is 5.75 Å². The lowest BCUT2D eigenvalue weighted by Crippen LogP contribution is -2.43. The Bertz CT molecular complexity index is 565. The number of hydrogen-bond acceptors (Lipinski definition) is 4. The molecule has 6 heteroatoms. The van der Waals surface area contributed by atoms with Gasteiger partial charge in [0.1, 0.15) is 5.75 Å². The van der Waals surface area contributed by atoms with Gasteiger partial charge in [-0.05, 0) is 51.2 Å². The van der Waals surface area contributed by atoms with Crippen LogP contribution in [-0.4, -0.2) is 49.5 Å². The minimum Gasteiger partial charge on any atom is -0.482 e. The highest BCUT2D eigenvalue weighted by Crippen LogP contribution is 2.28. The maximum atomic E-state index is 12.3. The smallest absolute Gasteiger partial charge is 0.262 e. The average molecular weight is 289 g/mol. The van der Waals surface area contributed by atoms with Crippen LogP contribution in [0.3, 0.4) is 0 Å². The fraction of sp³-hybridized carbons (Fsp3) is 0.467. The molecule has 3 rings (SSSR count). The van der Waals surface area contributed by atoms with E-state index in [-0.39, 0.29) is 24.5 Å². The van der Waals surface area contributed by atoms with Gasteiger partial charge in [-0.3, -0.25) is 9.59 Å². The molecule has 2 amide bonds. The number of amides is 2. The van der Waals surface area contributed by atoms with Gasteiger partial charge < -0.3 is 20.3 Å². The Balaban J connectivity index is 1.66. The van der Waals surface area contributed by atoms with Gasteiger partial charge in [0, 0.05) is 11.6 Å². The summed E-state index contributed by atoms with van der Waals surface area (Å²) >= 11 is 0. The molecule has 0 saturated carbocycles. The summed E-state index contributed by atoms with van der Waals surface area (Å²) in [5, 5.41) is 5.77. The molecule has 0 radical (unpaired) electrons. The van der Waals surface area contributed by atoms with Gasteiger partial charge in [-0.2, -0.15) is 0 Å². The van der Waals surface area contributed by atoms with E-state index in [4.69, 9.17) is 4.74 Å². The van der Waals surface area contributed by atoms with Crippen molar-refractivity contribution in [2.45, 2.75) is 18.9 Å². The second-order valence-corrected chi connectivity index (χ2v) is 5.60. The van der Waals surface area contributed by atoms with Gasteiger partial charge >= 0.3 is 0 Å². The van der Waals surface area contributed by atoms with Crippen molar-refractivity contribution in [2.75, 3.05) is 32.1 Å². The molecule has 0 unspecified atom stereocenters. The van der Waals surface area contributed by atoms with E-state index < -0.39 is 0 Å². The molecular formula is C15H19N3O3. The third-order valence-corrected chi connectivity index (χ3v) is 3.93. The fourth-order valence-electron chi connectivity index (χ4n) is 2.64. The molecule has 1 aromatic carbocycles. The van der Waals surface area contributed by atoms with E-state index in [9.17, 15) is 9.59 Å². The molecule has 2 aliphatic heterocycles. The Morgan fingerprint density at radius 1 is 1.38 bits per heavy atom. The number of benzene rings is 1. The highest BCUT2D eigenvalue weighted by molar-refractivity contribution is 5.99. The summed E-state index contributed by atoms with van der Waals surface area (Å²) in [6.07, 6.45) is 1.94. The Morgan fingerprint density at radius 2 is 2.14 bits per heavy atom. The van der Waals surface area contributed by atoms with Gasteiger partial charge in [0.2, 0.25) is 0 Å². The Morgan fingerprint density at radius 3 is 2.90 bits per heavy atom. The van der Waals surface area contributed by atoms with Crippen LogP contribution in [-0.2, 0) is 4.79 Å². The van der Waals surface area contributed by atoms with E-state index in [1.807, 2.05) is 0 Å². The van der Waals surface area contributed by atoms with Gasteiger partial charge in [0.05, 0.1) is 5.69 Å². The van der Waals surface area contributed by atoms with Crippen molar-refractivity contribution in [3.8, 4) is 5.75 Å². The molecule has 0 aliphatic carbocycles. The van der Waals surface area contributed by atoms with Crippen LogP contribution in [0.15, 0.2) is 18.2 Å². The maximum absolute atomic E-state index is 12.3. The molecule has 0 aromatic heterocycles. The van der Waals surface area contributed by atoms with E-state index in [0.717, 1.165) is 25.9 Å². The number of nitrogens with zero attached hydrogens (tertiary/aromatic N) is 1. The number of rotatable bonds is 2.